The Morgan fingerprint density at radius 3 is 3.12 bits per heavy atom. The van der Waals surface area contributed by atoms with Crippen molar-refractivity contribution in [3.8, 4) is 0 Å². The van der Waals surface area contributed by atoms with Crippen LogP contribution in [-0.2, 0) is 4.79 Å². The third-order valence-corrected chi connectivity index (χ3v) is 3.75. The predicted octanol–water partition coefficient (Wildman–Crippen LogP) is 3.80. The summed E-state index contributed by atoms with van der Waals surface area (Å²) in [5, 5.41) is 3.86. The number of rotatable bonds is 5. The molecule has 2 rings (SSSR count). The molecule has 5 heteroatoms. The van der Waals surface area contributed by atoms with Crippen molar-refractivity contribution in [2.45, 2.75) is 19.3 Å². The second-order valence-electron chi connectivity index (χ2n) is 3.73. The molecule has 0 aliphatic carbocycles. The van der Waals surface area contributed by atoms with Gasteiger partial charge in [-0.3, -0.25) is 4.79 Å². The number of hydrogen-bond donors (Lipinski definition) is 1. The van der Waals surface area contributed by atoms with Gasteiger partial charge in [0.1, 0.15) is 0 Å². The van der Waals surface area contributed by atoms with Crippen molar-refractivity contribution in [1.29, 1.82) is 0 Å². The first-order valence-electron chi connectivity index (χ1n) is 5.48. The number of carbonyl (C=O) groups is 1. The van der Waals surface area contributed by atoms with E-state index in [1.165, 1.54) is 0 Å². The third kappa shape index (κ3) is 3.51. The van der Waals surface area contributed by atoms with Crippen LogP contribution in [0, 0.1) is 0 Å². The molecule has 0 saturated carbocycles. The molecule has 0 aliphatic heterocycles. The number of fused-ring (bicyclic) bond motifs is 1. The normalized spacial score (nSPS) is 10.6. The maximum atomic E-state index is 11.6. The van der Waals surface area contributed by atoms with Gasteiger partial charge in [0.15, 0.2) is 0 Å². The van der Waals surface area contributed by atoms with Gasteiger partial charge in [-0.2, -0.15) is 0 Å². The molecule has 17 heavy (non-hydrogen) atoms. The molecule has 90 valence electrons. The number of halogens is 1. The van der Waals surface area contributed by atoms with E-state index in [1.54, 1.807) is 11.3 Å². The van der Waals surface area contributed by atoms with Gasteiger partial charge in [-0.15, -0.1) is 11.3 Å². The van der Waals surface area contributed by atoms with Crippen molar-refractivity contribution >= 4 is 49.1 Å². The highest BCUT2D eigenvalue weighted by atomic mass is 79.9. The van der Waals surface area contributed by atoms with Gasteiger partial charge in [0.05, 0.1) is 15.7 Å². The molecule has 0 atom stereocenters. The minimum Gasteiger partial charge on any atom is -0.326 e. The van der Waals surface area contributed by atoms with Crippen LogP contribution < -0.4 is 5.32 Å². The van der Waals surface area contributed by atoms with E-state index in [1.807, 2.05) is 23.7 Å². The summed E-state index contributed by atoms with van der Waals surface area (Å²) in [6.45, 7) is 0. The zero-order chi connectivity index (χ0) is 12.1. The average Bonchev–Trinajstić information content (AvgIpc) is 2.76. The second kappa shape index (κ2) is 6.12. The molecule has 0 saturated heterocycles. The van der Waals surface area contributed by atoms with Gasteiger partial charge in [-0.25, -0.2) is 4.98 Å². The summed E-state index contributed by atoms with van der Waals surface area (Å²) in [6, 6.07) is 5.79. The van der Waals surface area contributed by atoms with E-state index < -0.39 is 0 Å². The highest BCUT2D eigenvalue weighted by molar-refractivity contribution is 9.09. The van der Waals surface area contributed by atoms with Gasteiger partial charge >= 0.3 is 0 Å². The maximum Gasteiger partial charge on any atom is 0.224 e. The topological polar surface area (TPSA) is 42.0 Å². The van der Waals surface area contributed by atoms with Crippen LogP contribution in [-0.4, -0.2) is 16.2 Å². The van der Waals surface area contributed by atoms with Crippen LogP contribution in [0.2, 0.25) is 0 Å². The Bertz CT molecular complexity index is 512. The van der Waals surface area contributed by atoms with Gasteiger partial charge in [0, 0.05) is 17.4 Å². The van der Waals surface area contributed by atoms with Crippen LogP contribution in [0.5, 0.6) is 0 Å². The molecule has 0 bridgehead atoms. The van der Waals surface area contributed by atoms with Gasteiger partial charge in [0.25, 0.3) is 0 Å². The number of anilines is 1. The molecule has 1 amide bonds. The Balaban J connectivity index is 1.95. The molecule has 1 N–H and O–H groups in total. The molecule has 1 aromatic carbocycles. The zero-order valence-electron chi connectivity index (χ0n) is 9.28. The lowest BCUT2D eigenvalue weighted by atomic mass is 10.2. The van der Waals surface area contributed by atoms with E-state index in [0.717, 1.165) is 34.1 Å². The highest BCUT2D eigenvalue weighted by Gasteiger charge is 2.03. The Labute approximate surface area is 112 Å². The molecular weight excluding hydrogens is 300 g/mol. The number of benzene rings is 1. The summed E-state index contributed by atoms with van der Waals surface area (Å²) in [5.41, 5.74) is 3.64. The molecule has 0 radical (unpaired) electrons. The number of aromatic nitrogens is 1. The lowest BCUT2D eigenvalue weighted by Gasteiger charge is -2.04. The summed E-state index contributed by atoms with van der Waals surface area (Å²) in [4.78, 5) is 15.8. The SMILES string of the molecule is O=C(CCCCBr)Nc1ccc2ncsc2c1. The van der Waals surface area contributed by atoms with Crippen molar-refractivity contribution in [3.63, 3.8) is 0 Å². The molecule has 3 nitrogen and oxygen atoms in total. The number of hydrogen-bond acceptors (Lipinski definition) is 3. The minimum absolute atomic E-state index is 0.0785. The lowest BCUT2D eigenvalue weighted by Crippen LogP contribution is -2.10. The van der Waals surface area contributed by atoms with Crippen molar-refractivity contribution in [3.05, 3.63) is 23.7 Å². The molecular formula is C12H13BrN2OS. The monoisotopic (exact) mass is 312 g/mol. The first-order valence-corrected chi connectivity index (χ1v) is 7.49. The zero-order valence-corrected chi connectivity index (χ0v) is 11.7. The average molecular weight is 313 g/mol. The first-order chi connectivity index (χ1) is 8.29. The number of amides is 1. The summed E-state index contributed by atoms with van der Waals surface area (Å²) in [6.07, 6.45) is 2.52. The van der Waals surface area contributed by atoms with Gasteiger partial charge in [0.2, 0.25) is 5.91 Å². The lowest BCUT2D eigenvalue weighted by molar-refractivity contribution is -0.116. The van der Waals surface area contributed by atoms with E-state index in [2.05, 4.69) is 26.2 Å². The summed E-state index contributed by atoms with van der Waals surface area (Å²) < 4.78 is 1.10. The van der Waals surface area contributed by atoms with Crippen molar-refractivity contribution < 1.29 is 4.79 Å². The Morgan fingerprint density at radius 2 is 2.29 bits per heavy atom. The van der Waals surface area contributed by atoms with E-state index in [0.29, 0.717) is 6.42 Å². The second-order valence-corrected chi connectivity index (χ2v) is 5.41. The van der Waals surface area contributed by atoms with Crippen molar-refractivity contribution in [2.24, 2.45) is 0 Å². The van der Waals surface area contributed by atoms with Crippen LogP contribution in [0.1, 0.15) is 19.3 Å². The number of alkyl halides is 1. The van der Waals surface area contributed by atoms with Crippen LogP contribution in [0.4, 0.5) is 5.69 Å². The summed E-state index contributed by atoms with van der Waals surface area (Å²) in [7, 11) is 0. The fourth-order valence-electron chi connectivity index (χ4n) is 1.54. The van der Waals surface area contributed by atoms with Crippen molar-refractivity contribution in [2.75, 3.05) is 10.6 Å². The van der Waals surface area contributed by atoms with E-state index in [-0.39, 0.29) is 5.91 Å². The number of carbonyl (C=O) groups excluding carboxylic acids is 1. The summed E-state index contributed by atoms with van der Waals surface area (Å²) >= 11 is 4.93. The van der Waals surface area contributed by atoms with E-state index in [9.17, 15) is 4.79 Å². The standard InChI is InChI=1S/C12H13BrN2OS/c13-6-2-1-3-12(16)15-9-4-5-10-11(7-9)17-8-14-10/h4-5,7-8H,1-3,6H2,(H,15,16). The number of thiazole rings is 1. The fraction of sp³-hybridized carbons (Fsp3) is 0.333. The number of unbranched alkanes of at least 4 members (excludes halogenated alkanes) is 1. The number of nitrogens with one attached hydrogen (secondary N) is 1. The molecule has 0 aliphatic rings. The highest BCUT2D eigenvalue weighted by Crippen LogP contribution is 2.21. The Morgan fingerprint density at radius 1 is 1.41 bits per heavy atom. The van der Waals surface area contributed by atoms with Gasteiger partial charge < -0.3 is 5.32 Å². The molecule has 0 spiro atoms. The maximum absolute atomic E-state index is 11.6. The van der Waals surface area contributed by atoms with Gasteiger partial charge in [-0.05, 0) is 31.0 Å². The molecule has 2 aromatic rings. The fourth-order valence-corrected chi connectivity index (χ4v) is 2.65. The molecule has 0 fully saturated rings. The van der Waals surface area contributed by atoms with Crippen LogP contribution in [0.3, 0.4) is 0 Å². The predicted molar refractivity (Wildman–Crippen MR) is 75.9 cm³/mol. The van der Waals surface area contributed by atoms with Crippen LogP contribution in [0.25, 0.3) is 10.2 Å². The summed E-state index contributed by atoms with van der Waals surface area (Å²) in [5.74, 6) is 0.0785. The van der Waals surface area contributed by atoms with E-state index in [4.69, 9.17) is 0 Å². The van der Waals surface area contributed by atoms with Crippen molar-refractivity contribution in [1.82, 2.24) is 4.98 Å². The molecule has 1 heterocycles. The van der Waals surface area contributed by atoms with Crippen LogP contribution >= 0.6 is 27.3 Å². The smallest absolute Gasteiger partial charge is 0.224 e. The molecule has 0 unspecified atom stereocenters. The van der Waals surface area contributed by atoms with Crippen LogP contribution in [0.15, 0.2) is 23.7 Å². The quantitative estimate of drug-likeness (QED) is 0.674. The van der Waals surface area contributed by atoms with Gasteiger partial charge in [-0.1, -0.05) is 15.9 Å². The first kappa shape index (κ1) is 12.5. The minimum atomic E-state index is 0.0785. The largest absolute Gasteiger partial charge is 0.326 e. The molecule has 1 aromatic heterocycles. The third-order valence-electron chi connectivity index (χ3n) is 2.40. The number of nitrogens with zero attached hydrogens (tertiary/aromatic N) is 1. The Kier molecular flexibility index (Phi) is 4.50. The Hall–Kier alpha value is -0.940. The van der Waals surface area contributed by atoms with E-state index >= 15 is 0 Å².